The number of nitrogens with zero attached hydrogens (tertiary/aromatic N) is 1. The van der Waals surface area contributed by atoms with E-state index in [1.807, 2.05) is 0 Å². The van der Waals surface area contributed by atoms with Crippen LogP contribution in [0.3, 0.4) is 0 Å². The Morgan fingerprint density at radius 1 is 0.861 bits per heavy atom. The molecule has 0 saturated heterocycles. The second-order valence-corrected chi connectivity index (χ2v) is 8.03. The van der Waals surface area contributed by atoms with E-state index in [0.29, 0.717) is 27.8 Å². The van der Waals surface area contributed by atoms with Gasteiger partial charge in [0, 0.05) is 34.4 Å². The maximum Gasteiger partial charge on any atom is 0.306 e. The predicted molar refractivity (Wildman–Crippen MR) is 133 cm³/mol. The largest absolute Gasteiger partial charge is 0.457 e. The van der Waals surface area contributed by atoms with Crippen LogP contribution in [0.1, 0.15) is 18.4 Å². The highest BCUT2D eigenvalue weighted by molar-refractivity contribution is 6.30. The van der Waals surface area contributed by atoms with Gasteiger partial charge in [-0.2, -0.15) is 0 Å². The van der Waals surface area contributed by atoms with Crippen LogP contribution in [0.5, 0.6) is 11.5 Å². The van der Waals surface area contributed by atoms with Crippen LogP contribution >= 0.6 is 11.6 Å². The highest BCUT2D eigenvalue weighted by atomic mass is 35.5. The minimum Gasteiger partial charge on any atom is -0.457 e. The average Bonchev–Trinajstić information content (AvgIpc) is 2.85. The van der Waals surface area contributed by atoms with Gasteiger partial charge in [-0.05, 0) is 61.5 Å². The maximum atomic E-state index is 12.1. The second-order valence-electron chi connectivity index (χ2n) is 7.60. The Balaban J connectivity index is 1.38. The van der Waals surface area contributed by atoms with Crippen molar-refractivity contribution in [3.63, 3.8) is 0 Å². The summed E-state index contributed by atoms with van der Waals surface area (Å²) in [6, 6.07) is 17.8. The van der Waals surface area contributed by atoms with E-state index in [1.165, 1.54) is 18.2 Å². The molecule has 2 amide bonds. The number of aryl methyl sites for hydroxylation is 1. The lowest BCUT2D eigenvalue weighted by atomic mass is 10.2. The zero-order chi connectivity index (χ0) is 26.1. The third-order valence-electron chi connectivity index (χ3n) is 4.80. The summed E-state index contributed by atoms with van der Waals surface area (Å²) in [4.78, 5) is 46.4. The number of anilines is 2. The summed E-state index contributed by atoms with van der Waals surface area (Å²) >= 11 is 5.85. The molecule has 0 bridgehead atoms. The van der Waals surface area contributed by atoms with Crippen molar-refractivity contribution in [2.24, 2.45) is 0 Å². The van der Waals surface area contributed by atoms with Crippen molar-refractivity contribution in [3.8, 4) is 11.5 Å². The number of carbonyl (C=O) groups is 3. The monoisotopic (exact) mass is 511 g/mol. The van der Waals surface area contributed by atoms with Crippen LogP contribution < -0.4 is 15.4 Å². The molecule has 2 N–H and O–H groups in total. The Kier molecular flexibility index (Phi) is 8.95. The first-order valence-corrected chi connectivity index (χ1v) is 11.1. The van der Waals surface area contributed by atoms with Crippen molar-refractivity contribution in [1.29, 1.82) is 0 Å². The van der Waals surface area contributed by atoms with E-state index in [9.17, 15) is 24.5 Å². The molecular formula is C25H22ClN3O7. The number of halogens is 1. The van der Waals surface area contributed by atoms with Gasteiger partial charge >= 0.3 is 5.97 Å². The van der Waals surface area contributed by atoms with E-state index in [0.717, 1.165) is 0 Å². The summed E-state index contributed by atoms with van der Waals surface area (Å²) in [6.45, 7) is 0.991. The van der Waals surface area contributed by atoms with Gasteiger partial charge in [-0.3, -0.25) is 24.5 Å². The third kappa shape index (κ3) is 8.10. The highest BCUT2D eigenvalue weighted by Gasteiger charge is 2.14. The van der Waals surface area contributed by atoms with Gasteiger partial charge in [0.25, 0.3) is 11.6 Å². The van der Waals surface area contributed by atoms with Crippen molar-refractivity contribution in [2.75, 3.05) is 17.2 Å². The zero-order valence-corrected chi connectivity index (χ0v) is 19.9. The Labute approximate surface area is 211 Å². The Morgan fingerprint density at radius 3 is 2.08 bits per heavy atom. The molecule has 0 aliphatic carbocycles. The van der Waals surface area contributed by atoms with Crippen LogP contribution in [0.25, 0.3) is 0 Å². The van der Waals surface area contributed by atoms with Gasteiger partial charge in [-0.15, -0.1) is 0 Å². The summed E-state index contributed by atoms with van der Waals surface area (Å²) in [5, 5.41) is 16.7. The normalized spacial score (nSPS) is 10.3. The fourth-order valence-corrected chi connectivity index (χ4v) is 3.11. The summed E-state index contributed by atoms with van der Waals surface area (Å²) < 4.78 is 10.6. The molecular weight excluding hydrogens is 490 g/mol. The second kappa shape index (κ2) is 12.3. The zero-order valence-electron chi connectivity index (χ0n) is 19.2. The van der Waals surface area contributed by atoms with Crippen LogP contribution in [-0.2, 0) is 19.1 Å². The summed E-state index contributed by atoms with van der Waals surface area (Å²) in [7, 11) is 0. The number of nitro benzene ring substituents is 1. The minimum absolute atomic E-state index is 0.139. The molecule has 0 saturated carbocycles. The van der Waals surface area contributed by atoms with Crippen molar-refractivity contribution >= 4 is 46.4 Å². The maximum absolute atomic E-state index is 12.1. The molecule has 0 atom stereocenters. The number of benzene rings is 3. The number of hydrogen-bond donors (Lipinski definition) is 2. The molecule has 186 valence electrons. The van der Waals surface area contributed by atoms with Gasteiger partial charge < -0.3 is 20.1 Å². The SMILES string of the molecule is Cc1ccc(NC(=O)COC(=O)CCC(=O)Nc2ccc(Oc3ccc(Cl)cc3)cc2)cc1[N+](=O)[O-]. The van der Waals surface area contributed by atoms with Crippen LogP contribution in [-0.4, -0.2) is 29.3 Å². The number of ether oxygens (including phenoxy) is 2. The van der Waals surface area contributed by atoms with E-state index in [1.54, 1.807) is 55.5 Å². The summed E-state index contributed by atoms with van der Waals surface area (Å²) in [5.74, 6) is -0.621. The number of hydrogen-bond acceptors (Lipinski definition) is 7. The van der Waals surface area contributed by atoms with Gasteiger partial charge in [-0.1, -0.05) is 17.7 Å². The molecule has 0 unspecified atom stereocenters. The smallest absolute Gasteiger partial charge is 0.306 e. The lowest BCUT2D eigenvalue weighted by Crippen LogP contribution is -2.21. The highest BCUT2D eigenvalue weighted by Crippen LogP contribution is 2.25. The van der Waals surface area contributed by atoms with Crippen molar-refractivity contribution in [1.82, 2.24) is 0 Å². The van der Waals surface area contributed by atoms with Gasteiger partial charge in [0.2, 0.25) is 5.91 Å². The first-order valence-electron chi connectivity index (χ1n) is 10.7. The fourth-order valence-electron chi connectivity index (χ4n) is 2.98. The lowest BCUT2D eigenvalue weighted by Gasteiger charge is -2.09. The van der Waals surface area contributed by atoms with Gasteiger partial charge in [0.15, 0.2) is 6.61 Å². The molecule has 0 aromatic heterocycles. The number of nitro groups is 1. The number of amides is 2. The number of carbonyl (C=O) groups excluding carboxylic acids is 3. The first kappa shape index (κ1) is 26.2. The number of esters is 1. The van der Waals surface area contributed by atoms with Crippen LogP contribution in [0.4, 0.5) is 17.1 Å². The predicted octanol–water partition coefficient (Wildman–Crippen LogP) is 5.25. The van der Waals surface area contributed by atoms with E-state index in [4.69, 9.17) is 21.1 Å². The molecule has 0 fully saturated rings. The van der Waals surface area contributed by atoms with E-state index >= 15 is 0 Å². The Hall–Kier alpha value is -4.44. The van der Waals surface area contributed by atoms with E-state index in [2.05, 4.69) is 10.6 Å². The molecule has 36 heavy (non-hydrogen) atoms. The Bertz CT molecular complexity index is 1260. The van der Waals surface area contributed by atoms with Gasteiger partial charge in [0.1, 0.15) is 11.5 Å². The van der Waals surface area contributed by atoms with Crippen LogP contribution in [0.2, 0.25) is 5.02 Å². The van der Waals surface area contributed by atoms with Crippen molar-refractivity contribution < 1.29 is 28.8 Å². The standard InChI is InChI=1S/C25H22ClN3O7/c1-16-2-5-19(14-22(16)29(33)34)28-24(31)15-35-25(32)13-12-23(30)27-18-6-10-21(11-7-18)36-20-8-3-17(26)4-9-20/h2-11,14H,12-13,15H2,1H3,(H,27,30)(H,28,31). The number of rotatable bonds is 10. The summed E-state index contributed by atoms with van der Waals surface area (Å²) in [6.07, 6.45) is -0.374. The van der Waals surface area contributed by atoms with Crippen LogP contribution in [0, 0.1) is 17.0 Å². The Morgan fingerprint density at radius 2 is 1.44 bits per heavy atom. The van der Waals surface area contributed by atoms with Crippen LogP contribution in [0.15, 0.2) is 66.7 Å². The quantitative estimate of drug-likeness (QED) is 0.215. The fraction of sp³-hybridized carbons (Fsp3) is 0.160. The third-order valence-corrected chi connectivity index (χ3v) is 5.05. The van der Waals surface area contributed by atoms with Crippen molar-refractivity contribution in [2.45, 2.75) is 19.8 Å². The van der Waals surface area contributed by atoms with E-state index in [-0.39, 0.29) is 24.2 Å². The molecule has 3 aromatic carbocycles. The van der Waals surface area contributed by atoms with Crippen molar-refractivity contribution in [3.05, 3.63) is 87.4 Å². The van der Waals surface area contributed by atoms with Gasteiger partial charge in [-0.25, -0.2) is 0 Å². The summed E-state index contributed by atoms with van der Waals surface area (Å²) in [5.41, 5.74) is 1.03. The minimum atomic E-state index is -0.734. The molecule has 0 heterocycles. The molecule has 0 aliphatic rings. The van der Waals surface area contributed by atoms with E-state index < -0.39 is 29.3 Å². The molecule has 0 spiro atoms. The number of nitrogens with one attached hydrogen (secondary N) is 2. The van der Waals surface area contributed by atoms with Gasteiger partial charge in [0.05, 0.1) is 11.3 Å². The molecule has 11 heteroatoms. The topological polar surface area (TPSA) is 137 Å². The average molecular weight is 512 g/mol. The molecule has 3 rings (SSSR count). The molecule has 10 nitrogen and oxygen atoms in total. The molecule has 0 aliphatic heterocycles. The molecule has 0 radical (unpaired) electrons. The first-order chi connectivity index (χ1) is 17.2. The lowest BCUT2D eigenvalue weighted by molar-refractivity contribution is -0.385. The molecule has 3 aromatic rings.